The van der Waals surface area contributed by atoms with Crippen LogP contribution in [0.4, 0.5) is 11.4 Å². The number of esters is 1. The molecular weight excluding hydrogens is 560 g/mol. The SMILES string of the molecule is CCCCCCCCCCCCCCOc1ccc(C(=O)Oc2ccc(N=Nc3ccc(C(C)=O)cc3)c3ccccc23)cc1. The number of fused-ring (bicyclic) bond motifs is 1. The van der Waals surface area contributed by atoms with Crippen molar-refractivity contribution in [2.45, 2.75) is 90.9 Å². The molecule has 0 saturated heterocycles. The predicted molar refractivity (Wildman–Crippen MR) is 183 cm³/mol. The van der Waals surface area contributed by atoms with Gasteiger partial charge in [-0.25, -0.2) is 4.79 Å². The smallest absolute Gasteiger partial charge is 0.343 e. The van der Waals surface area contributed by atoms with Gasteiger partial charge in [0.05, 0.1) is 23.5 Å². The van der Waals surface area contributed by atoms with Crippen molar-refractivity contribution in [3.63, 3.8) is 0 Å². The summed E-state index contributed by atoms with van der Waals surface area (Å²) < 4.78 is 11.7. The highest BCUT2D eigenvalue weighted by Gasteiger charge is 2.13. The Kier molecular flexibility index (Phi) is 13.8. The Morgan fingerprint density at radius 3 is 1.80 bits per heavy atom. The molecule has 45 heavy (non-hydrogen) atoms. The number of ketones is 1. The fourth-order valence-corrected chi connectivity index (χ4v) is 5.29. The number of hydrogen-bond acceptors (Lipinski definition) is 6. The summed E-state index contributed by atoms with van der Waals surface area (Å²) >= 11 is 0. The highest BCUT2D eigenvalue weighted by atomic mass is 16.5. The molecule has 0 heterocycles. The second kappa shape index (κ2) is 18.5. The molecule has 0 aliphatic heterocycles. The summed E-state index contributed by atoms with van der Waals surface area (Å²) in [7, 11) is 0. The second-order valence-corrected chi connectivity index (χ2v) is 11.6. The first kappa shape index (κ1) is 33.6. The summed E-state index contributed by atoms with van der Waals surface area (Å²) in [5, 5.41) is 10.3. The van der Waals surface area contributed by atoms with Crippen molar-refractivity contribution in [3.05, 3.63) is 96.1 Å². The third kappa shape index (κ3) is 11.0. The maximum Gasteiger partial charge on any atom is 0.343 e. The average molecular weight is 607 g/mol. The molecule has 0 atom stereocenters. The molecule has 236 valence electrons. The predicted octanol–water partition coefficient (Wildman–Crippen LogP) is 11.8. The minimum Gasteiger partial charge on any atom is -0.494 e. The highest BCUT2D eigenvalue weighted by molar-refractivity contribution is 6.00. The van der Waals surface area contributed by atoms with Crippen LogP contribution in [0.1, 0.15) is 112 Å². The van der Waals surface area contributed by atoms with Gasteiger partial charge >= 0.3 is 5.97 Å². The third-order valence-electron chi connectivity index (χ3n) is 7.97. The first-order valence-electron chi connectivity index (χ1n) is 16.5. The number of rotatable bonds is 19. The zero-order chi connectivity index (χ0) is 31.7. The van der Waals surface area contributed by atoms with Gasteiger partial charge in [0.2, 0.25) is 0 Å². The van der Waals surface area contributed by atoms with Gasteiger partial charge in [0.1, 0.15) is 11.5 Å². The number of carbonyl (C=O) groups excluding carboxylic acids is 2. The van der Waals surface area contributed by atoms with E-state index in [1.165, 1.54) is 77.6 Å². The molecule has 0 amide bonds. The molecule has 6 heteroatoms. The van der Waals surface area contributed by atoms with Crippen LogP contribution in [0.5, 0.6) is 11.5 Å². The van der Waals surface area contributed by atoms with Gasteiger partial charge in [-0.3, -0.25) is 4.79 Å². The fraction of sp³-hybridized carbons (Fsp3) is 0.385. The summed E-state index contributed by atoms with van der Waals surface area (Å²) in [6, 6.07) is 25.2. The number of nitrogens with zero attached hydrogens (tertiary/aromatic N) is 2. The van der Waals surface area contributed by atoms with Crippen LogP contribution < -0.4 is 9.47 Å². The Balaban J connectivity index is 1.22. The fourth-order valence-electron chi connectivity index (χ4n) is 5.29. The van der Waals surface area contributed by atoms with Crippen LogP contribution >= 0.6 is 0 Å². The van der Waals surface area contributed by atoms with E-state index < -0.39 is 5.97 Å². The largest absolute Gasteiger partial charge is 0.494 e. The van der Waals surface area contributed by atoms with Gasteiger partial charge in [-0.05, 0) is 74.0 Å². The number of carbonyl (C=O) groups is 2. The van der Waals surface area contributed by atoms with Crippen molar-refractivity contribution in [2.24, 2.45) is 10.2 Å². The molecule has 0 aliphatic rings. The Morgan fingerprint density at radius 2 is 1.18 bits per heavy atom. The van der Waals surface area contributed by atoms with Gasteiger partial charge in [0.15, 0.2) is 5.78 Å². The van der Waals surface area contributed by atoms with E-state index in [9.17, 15) is 9.59 Å². The van der Waals surface area contributed by atoms with Crippen molar-refractivity contribution in [3.8, 4) is 11.5 Å². The van der Waals surface area contributed by atoms with Crippen molar-refractivity contribution in [1.82, 2.24) is 0 Å². The maximum absolute atomic E-state index is 13.0. The molecule has 0 radical (unpaired) electrons. The van der Waals surface area contributed by atoms with E-state index in [4.69, 9.17) is 9.47 Å². The number of unbranched alkanes of at least 4 members (excludes halogenated alkanes) is 11. The lowest BCUT2D eigenvalue weighted by Gasteiger charge is -2.10. The second-order valence-electron chi connectivity index (χ2n) is 11.6. The molecule has 0 unspecified atom stereocenters. The number of azo groups is 1. The van der Waals surface area contributed by atoms with Gasteiger partial charge in [-0.15, -0.1) is 5.11 Å². The minimum absolute atomic E-state index is 0.00363. The summed E-state index contributed by atoms with van der Waals surface area (Å²) in [6.07, 6.45) is 15.8. The van der Waals surface area contributed by atoms with Crippen LogP contribution in [0, 0.1) is 0 Å². The lowest BCUT2D eigenvalue weighted by atomic mass is 10.1. The summed E-state index contributed by atoms with van der Waals surface area (Å²) in [5.41, 5.74) is 2.37. The van der Waals surface area contributed by atoms with Crippen LogP contribution in [-0.2, 0) is 0 Å². The van der Waals surface area contributed by atoms with Crippen LogP contribution in [-0.4, -0.2) is 18.4 Å². The van der Waals surface area contributed by atoms with E-state index in [0.717, 1.165) is 22.9 Å². The maximum atomic E-state index is 13.0. The van der Waals surface area contributed by atoms with E-state index in [0.29, 0.717) is 34.9 Å². The molecule has 0 bridgehead atoms. The quantitative estimate of drug-likeness (QED) is 0.0350. The molecule has 0 fully saturated rings. The first-order valence-corrected chi connectivity index (χ1v) is 16.5. The van der Waals surface area contributed by atoms with Crippen LogP contribution in [0.15, 0.2) is 95.2 Å². The minimum atomic E-state index is -0.437. The lowest BCUT2D eigenvalue weighted by molar-refractivity contribution is 0.0737. The van der Waals surface area contributed by atoms with Crippen LogP contribution in [0.2, 0.25) is 0 Å². The highest BCUT2D eigenvalue weighted by Crippen LogP contribution is 2.34. The van der Waals surface area contributed by atoms with Crippen molar-refractivity contribution in [2.75, 3.05) is 6.61 Å². The molecule has 0 aromatic heterocycles. The van der Waals surface area contributed by atoms with E-state index in [1.807, 2.05) is 36.4 Å². The van der Waals surface area contributed by atoms with E-state index in [2.05, 4.69) is 17.2 Å². The number of benzene rings is 4. The van der Waals surface area contributed by atoms with Crippen LogP contribution in [0.3, 0.4) is 0 Å². The number of Topliss-reactive ketones (excluding diaryl/α,β-unsaturated/α-hetero) is 1. The molecule has 0 saturated carbocycles. The van der Waals surface area contributed by atoms with Crippen molar-refractivity contribution in [1.29, 1.82) is 0 Å². The number of ether oxygens (including phenoxy) is 2. The Morgan fingerprint density at radius 1 is 0.600 bits per heavy atom. The molecular formula is C39H46N2O4. The molecule has 0 aliphatic carbocycles. The topological polar surface area (TPSA) is 77.3 Å². The standard InChI is InChI=1S/C39H46N2O4/c1-3-4-5-6-7-8-9-10-11-12-13-16-29-44-34-25-21-32(22-26-34)39(43)45-38-28-27-37(35-17-14-15-18-36(35)38)41-40-33-23-19-31(20-24-33)30(2)42/h14-15,17-28H,3-13,16,29H2,1-2H3. The van der Waals surface area contributed by atoms with E-state index in [-0.39, 0.29) is 5.78 Å². The van der Waals surface area contributed by atoms with Crippen molar-refractivity contribution < 1.29 is 19.1 Å². The van der Waals surface area contributed by atoms with Gasteiger partial charge < -0.3 is 9.47 Å². The van der Waals surface area contributed by atoms with Gasteiger partial charge in [-0.1, -0.05) is 102 Å². The zero-order valence-corrected chi connectivity index (χ0v) is 26.8. The van der Waals surface area contributed by atoms with E-state index >= 15 is 0 Å². The van der Waals surface area contributed by atoms with Gasteiger partial charge in [-0.2, -0.15) is 5.11 Å². The lowest BCUT2D eigenvalue weighted by Crippen LogP contribution is -2.08. The monoisotopic (exact) mass is 606 g/mol. The summed E-state index contributed by atoms with van der Waals surface area (Å²) in [4.78, 5) is 24.5. The number of hydrogen-bond donors (Lipinski definition) is 0. The normalized spacial score (nSPS) is 11.2. The summed E-state index contributed by atoms with van der Waals surface area (Å²) in [6.45, 7) is 4.48. The van der Waals surface area contributed by atoms with Gasteiger partial charge in [0, 0.05) is 16.3 Å². The Bertz CT molecular complexity index is 1530. The zero-order valence-electron chi connectivity index (χ0n) is 26.8. The third-order valence-corrected chi connectivity index (χ3v) is 7.97. The Labute approximate surface area is 267 Å². The van der Waals surface area contributed by atoms with Gasteiger partial charge in [0.25, 0.3) is 0 Å². The molecule has 4 aromatic rings. The molecule has 6 nitrogen and oxygen atoms in total. The molecule has 4 aromatic carbocycles. The van der Waals surface area contributed by atoms with Crippen molar-refractivity contribution >= 4 is 33.9 Å². The average Bonchev–Trinajstić information content (AvgIpc) is 3.07. The Hall–Kier alpha value is -4.32. The molecule has 0 spiro atoms. The summed E-state index contributed by atoms with van der Waals surface area (Å²) in [5.74, 6) is 0.773. The molecule has 4 rings (SSSR count). The first-order chi connectivity index (χ1) is 22.0. The molecule has 0 N–H and O–H groups in total. The van der Waals surface area contributed by atoms with Crippen LogP contribution in [0.25, 0.3) is 10.8 Å². The van der Waals surface area contributed by atoms with E-state index in [1.54, 1.807) is 48.5 Å².